The average molecular weight is 275 g/mol. The third kappa shape index (κ3) is 2.68. The van der Waals surface area contributed by atoms with Gasteiger partial charge in [0.1, 0.15) is 0 Å². The average Bonchev–Trinajstić information content (AvgIpc) is 3.09. The third-order valence-electron chi connectivity index (χ3n) is 3.96. The van der Waals surface area contributed by atoms with Crippen molar-refractivity contribution in [3.8, 4) is 0 Å². The van der Waals surface area contributed by atoms with Crippen LogP contribution in [0.1, 0.15) is 55.9 Å². The lowest BCUT2D eigenvalue weighted by Crippen LogP contribution is -2.13. The summed E-state index contributed by atoms with van der Waals surface area (Å²) in [5.74, 6) is 1.03. The van der Waals surface area contributed by atoms with Crippen molar-refractivity contribution >= 4 is 17.3 Å². The van der Waals surface area contributed by atoms with Crippen molar-refractivity contribution in [1.29, 1.82) is 0 Å². The van der Waals surface area contributed by atoms with Crippen molar-refractivity contribution < 1.29 is 0 Å². The highest BCUT2D eigenvalue weighted by molar-refractivity contribution is 7.07. The predicted octanol–water partition coefficient (Wildman–Crippen LogP) is 4.54. The van der Waals surface area contributed by atoms with Crippen molar-refractivity contribution in [2.75, 3.05) is 5.32 Å². The van der Waals surface area contributed by atoms with Crippen LogP contribution in [-0.4, -0.2) is 9.55 Å². The molecule has 1 saturated carbocycles. The Bertz CT molecular complexity index is 524. The Kier molecular flexibility index (Phi) is 3.60. The molecule has 2 aromatic heterocycles. The van der Waals surface area contributed by atoms with Crippen molar-refractivity contribution in [3.63, 3.8) is 0 Å². The van der Waals surface area contributed by atoms with E-state index in [0.29, 0.717) is 12.1 Å². The van der Waals surface area contributed by atoms with E-state index in [1.807, 2.05) is 0 Å². The molecule has 1 N–H and O–H groups in total. The summed E-state index contributed by atoms with van der Waals surface area (Å²) in [6.07, 6.45) is 7.47. The van der Waals surface area contributed by atoms with E-state index in [0.717, 1.165) is 11.6 Å². The Labute approximate surface area is 118 Å². The van der Waals surface area contributed by atoms with E-state index in [9.17, 15) is 0 Å². The summed E-state index contributed by atoms with van der Waals surface area (Å²) in [5.41, 5.74) is 2.44. The normalized spacial score (nSPS) is 17.8. The molecule has 0 spiro atoms. The summed E-state index contributed by atoms with van der Waals surface area (Å²) >= 11 is 1.75. The molecule has 1 aliphatic carbocycles. The van der Waals surface area contributed by atoms with Gasteiger partial charge in [0.05, 0.1) is 11.7 Å². The van der Waals surface area contributed by atoms with E-state index < -0.39 is 0 Å². The highest BCUT2D eigenvalue weighted by Crippen LogP contribution is 2.33. The minimum Gasteiger partial charge on any atom is -0.349 e. The summed E-state index contributed by atoms with van der Waals surface area (Å²) in [4.78, 5) is 4.66. The van der Waals surface area contributed by atoms with Gasteiger partial charge < -0.3 is 9.88 Å². The van der Waals surface area contributed by atoms with E-state index in [2.05, 4.69) is 51.7 Å². The fourth-order valence-electron chi connectivity index (χ4n) is 2.88. The molecule has 2 aromatic rings. The summed E-state index contributed by atoms with van der Waals surface area (Å²) in [7, 11) is 0. The monoisotopic (exact) mass is 275 g/mol. The lowest BCUT2D eigenvalue weighted by Gasteiger charge is -2.18. The number of hydrogen-bond donors (Lipinski definition) is 1. The number of aromatic nitrogens is 2. The summed E-state index contributed by atoms with van der Waals surface area (Å²) in [5, 5.41) is 7.90. The first-order chi connectivity index (χ1) is 9.24. The number of aryl methyl sites for hydroxylation is 1. The van der Waals surface area contributed by atoms with Gasteiger partial charge in [-0.15, -0.1) is 0 Å². The lowest BCUT2D eigenvalue weighted by atomic mass is 10.2. The Balaban J connectivity index is 1.80. The Morgan fingerprint density at radius 2 is 2.21 bits per heavy atom. The highest BCUT2D eigenvalue weighted by atomic mass is 32.1. The van der Waals surface area contributed by atoms with Crippen LogP contribution in [0.5, 0.6) is 0 Å². The van der Waals surface area contributed by atoms with Crippen molar-refractivity contribution in [1.82, 2.24) is 9.55 Å². The molecular weight excluding hydrogens is 254 g/mol. The molecule has 1 atom stereocenters. The minimum absolute atomic E-state index is 0.313. The van der Waals surface area contributed by atoms with Crippen LogP contribution in [0.2, 0.25) is 0 Å². The smallest absolute Gasteiger partial charge is 0.203 e. The molecule has 3 rings (SSSR count). The second-order valence-corrected chi connectivity index (χ2v) is 6.25. The predicted molar refractivity (Wildman–Crippen MR) is 80.8 cm³/mol. The maximum Gasteiger partial charge on any atom is 0.203 e. The first-order valence-electron chi connectivity index (χ1n) is 7.08. The van der Waals surface area contributed by atoms with Gasteiger partial charge in [-0.25, -0.2) is 4.98 Å². The molecule has 1 unspecified atom stereocenters. The molecule has 4 heteroatoms. The van der Waals surface area contributed by atoms with E-state index >= 15 is 0 Å². The van der Waals surface area contributed by atoms with Gasteiger partial charge in [-0.3, -0.25) is 0 Å². The molecule has 0 bridgehead atoms. The van der Waals surface area contributed by atoms with Crippen LogP contribution in [0.25, 0.3) is 0 Å². The van der Waals surface area contributed by atoms with Crippen molar-refractivity contribution in [2.24, 2.45) is 0 Å². The molecular formula is C15H21N3S. The quantitative estimate of drug-likeness (QED) is 0.887. The van der Waals surface area contributed by atoms with E-state index in [-0.39, 0.29) is 0 Å². The molecule has 3 nitrogen and oxygen atoms in total. The van der Waals surface area contributed by atoms with Gasteiger partial charge >= 0.3 is 0 Å². The van der Waals surface area contributed by atoms with Gasteiger partial charge in [0, 0.05) is 12.2 Å². The number of rotatable bonds is 4. The Morgan fingerprint density at radius 3 is 2.89 bits per heavy atom. The zero-order valence-electron chi connectivity index (χ0n) is 11.6. The third-order valence-corrected chi connectivity index (χ3v) is 4.66. The van der Waals surface area contributed by atoms with Gasteiger partial charge in [-0.2, -0.15) is 11.3 Å². The molecule has 102 valence electrons. The molecule has 0 aliphatic heterocycles. The SMILES string of the molecule is Cc1cn(C2CCCC2)c(NC(C)c2ccsc2)n1. The maximum atomic E-state index is 4.66. The Morgan fingerprint density at radius 1 is 1.42 bits per heavy atom. The zero-order chi connectivity index (χ0) is 13.2. The maximum absolute atomic E-state index is 4.66. The van der Waals surface area contributed by atoms with Crippen LogP contribution < -0.4 is 5.32 Å². The zero-order valence-corrected chi connectivity index (χ0v) is 12.4. The number of nitrogens with one attached hydrogen (secondary N) is 1. The first-order valence-corrected chi connectivity index (χ1v) is 8.02. The van der Waals surface area contributed by atoms with Crippen molar-refractivity contribution in [2.45, 2.75) is 51.6 Å². The van der Waals surface area contributed by atoms with Gasteiger partial charge in [0.15, 0.2) is 0 Å². The topological polar surface area (TPSA) is 29.9 Å². The second kappa shape index (κ2) is 5.37. The van der Waals surface area contributed by atoms with Crippen molar-refractivity contribution in [3.05, 3.63) is 34.3 Å². The fourth-order valence-corrected chi connectivity index (χ4v) is 3.64. The van der Waals surface area contributed by atoms with E-state index in [4.69, 9.17) is 0 Å². The molecule has 0 aromatic carbocycles. The number of imidazole rings is 1. The molecule has 1 aliphatic rings. The molecule has 0 radical (unpaired) electrons. The Hall–Kier alpha value is -1.29. The van der Waals surface area contributed by atoms with Gasteiger partial charge in [-0.05, 0) is 49.1 Å². The van der Waals surface area contributed by atoms with Gasteiger partial charge in [0.25, 0.3) is 0 Å². The van der Waals surface area contributed by atoms with Crippen LogP contribution >= 0.6 is 11.3 Å². The van der Waals surface area contributed by atoms with Gasteiger partial charge in [-0.1, -0.05) is 12.8 Å². The second-order valence-electron chi connectivity index (χ2n) is 5.47. The number of hydrogen-bond acceptors (Lipinski definition) is 3. The largest absolute Gasteiger partial charge is 0.349 e. The summed E-state index contributed by atoms with van der Waals surface area (Å²) in [6.45, 7) is 4.27. The number of nitrogens with zero attached hydrogens (tertiary/aromatic N) is 2. The molecule has 0 amide bonds. The molecule has 2 heterocycles. The van der Waals surface area contributed by atoms with Crippen LogP contribution in [-0.2, 0) is 0 Å². The van der Waals surface area contributed by atoms with Crippen LogP contribution in [0, 0.1) is 6.92 Å². The van der Waals surface area contributed by atoms with E-state index in [1.165, 1.54) is 31.2 Å². The molecule has 1 fully saturated rings. The van der Waals surface area contributed by atoms with Gasteiger partial charge in [0.2, 0.25) is 5.95 Å². The summed E-state index contributed by atoms with van der Waals surface area (Å²) in [6, 6.07) is 3.13. The minimum atomic E-state index is 0.313. The van der Waals surface area contributed by atoms with Crippen LogP contribution in [0.4, 0.5) is 5.95 Å². The van der Waals surface area contributed by atoms with Crippen LogP contribution in [0.3, 0.4) is 0 Å². The lowest BCUT2D eigenvalue weighted by molar-refractivity contribution is 0.521. The summed E-state index contributed by atoms with van der Waals surface area (Å²) < 4.78 is 2.35. The number of thiophene rings is 1. The highest BCUT2D eigenvalue weighted by Gasteiger charge is 2.21. The standard InChI is InChI=1S/C15H21N3S/c1-11-9-18(14-5-3-4-6-14)15(16-11)17-12(2)13-7-8-19-10-13/h7-10,12,14H,3-6H2,1-2H3,(H,16,17). The number of anilines is 1. The van der Waals surface area contributed by atoms with Crippen LogP contribution in [0.15, 0.2) is 23.0 Å². The first kappa shape index (κ1) is 12.7. The molecule has 0 saturated heterocycles. The van der Waals surface area contributed by atoms with E-state index in [1.54, 1.807) is 11.3 Å². The molecule has 19 heavy (non-hydrogen) atoms. The fraction of sp³-hybridized carbons (Fsp3) is 0.533.